The van der Waals surface area contributed by atoms with Gasteiger partial charge in [-0.25, -0.2) is 4.98 Å². The van der Waals surface area contributed by atoms with Crippen LogP contribution in [0, 0.1) is 5.41 Å². The number of rotatable bonds is 3. The van der Waals surface area contributed by atoms with Gasteiger partial charge in [0.2, 0.25) is 5.95 Å². The number of halogens is 2. The van der Waals surface area contributed by atoms with Crippen LogP contribution in [0.25, 0.3) is 5.57 Å². The molecule has 2 heterocycles. The molecule has 172 valence electrons. The first-order chi connectivity index (χ1) is 15.8. The molecule has 5 rings (SSSR count). The van der Waals surface area contributed by atoms with Gasteiger partial charge in [-0.05, 0) is 54.2 Å². The van der Waals surface area contributed by atoms with Crippen molar-refractivity contribution < 1.29 is 4.79 Å². The van der Waals surface area contributed by atoms with Gasteiger partial charge < -0.3 is 22.1 Å². The van der Waals surface area contributed by atoms with Crippen LogP contribution in [0.15, 0.2) is 40.4 Å². The van der Waals surface area contributed by atoms with Gasteiger partial charge in [-0.2, -0.15) is 4.98 Å². The van der Waals surface area contributed by atoms with Crippen molar-refractivity contribution in [3.63, 3.8) is 0 Å². The number of carbonyl (C=O) groups excluding carboxylic acids is 1. The van der Waals surface area contributed by atoms with E-state index < -0.39 is 5.91 Å². The van der Waals surface area contributed by atoms with E-state index in [4.69, 9.17) is 40.4 Å². The third-order valence-electron chi connectivity index (χ3n) is 7.29. The lowest BCUT2D eigenvalue weighted by Gasteiger charge is -2.42. The minimum atomic E-state index is -0.676. The van der Waals surface area contributed by atoms with Crippen molar-refractivity contribution in [2.24, 2.45) is 16.9 Å². The Kier molecular flexibility index (Phi) is 5.59. The fourth-order valence-corrected chi connectivity index (χ4v) is 5.95. The second-order valence-electron chi connectivity index (χ2n) is 9.08. The lowest BCUT2D eigenvalue weighted by Crippen LogP contribution is -2.45. The maximum absolute atomic E-state index is 12.3. The van der Waals surface area contributed by atoms with Crippen molar-refractivity contribution >= 4 is 46.4 Å². The monoisotopic (exact) mass is 484 g/mol. The smallest absolute Gasteiger partial charge is 0.268 e. The third kappa shape index (κ3) is 3.68. The van der Waals surface area contributed by atoms with Crippen LogP contribution in [0.3, 0.4) is 0 Å². The minimum absolute atomic E-state index is 0.0172. The number of carbonyl (C=O) groups is 1. The van der Waals surface area contributed by atoms with Crippen LogP contribution in [0.2, 0.25) is 0 Å². The molecule has 0 radical (unpaired) electrons. The summed E-state index contributed by atoms with van der Waals surface area (Å²) in [6, 6.07) is 8.44. The Morgan fingerprint density at radius 3 is 2.58 bits per heavy atom. The number of benzene rings is 1. The highest BCUT2D eigenvalue weighted by molar-refractivity contribution is 6.46. The predicted octanol–water partition coefficient (Wildman–Crippen LogP) is 3.87. The Balaban J connectivity index is 1.43. The number of nitrogen functional groups attached to an aromatic ring is 1. The molecule has 9 heteroatoms. The molecule has 1 saturated heterocycles. The zero-order valence-corrected chi connectivity index (χ0v) is 19.7. The zero-order chi connectivity index (χ0) is 23.3. The quantitative estimate of drug-likeness (QED) is 0.607. The first-order valence-corrected chi connectivity index (χ1v) is 11.9. The molecule has 2 aliphatic carbocycles. The van der Waals surface area contributed by atoms with E-state index >= 15 is 0 Å². The summed E-state index contributed by atoms with van der Waals surface area (Å²) in [6.07, 6.45) is 5.87. The molecular weight excluding hydrogens is 459 g/mol. The van der Waals surface area contributed by atoms with Crippen molar-refractivity contribution in [2.75, 3.05) is 23.7 Å². The summed E-state index contributed by atoms with van der Waals surface area (Å²) < 4.78 is 0. The van der Waals surface area contributed by atoms with E-state index in [1.807, 2.05) is 12.1 Å². The summed E-state index contributed by atoms with van der Waals surface area (Å²) >= 11 is 12.6. The summed E-state index contributed by atoms with van der Waals surface area (Å²) in [5.74, 6) is -0.0959. The Hall–Kier alpha value is -2.61. The van der Waals surface area contributed by atoms with Gasteiger partial charge in [-0.3, -0.25) is 4.79 Å². The van der Waals surface area contributed by atoms with Crippen molar-refractivity contribution in [3.05, 3.63) is 62.8 Å². The fourth-order valence-electron chi connectivity index (χ4n) is 5.46. The molecule has 0 saturated carbocycles. The number of nitrogens with zero attached hydrogens (tertiary/aromatic N) is 3. The number of amides is 1. The van der Waals surface area contributed by atoms with Crippen LogP contribution in [0.4, 0.5) is 11.8 Å². The average Bonchev–Trinajstić information content (AvgIpc) is 3.07. The molecule has 1 spiro atoms. The highest BCUT2D eigenvalue weighted by Gasteiger charge is 2.46. The van der Waals surface area contributed by atoms with E-state index in [0.717, 1.165) is 32.4 Å². The van der Waals surface area contributed by atoms with Crippen molar-refractivity contribution in [1.82, 2.24) is 9.97 Å². The summed E-state index contributed by atoms with van der Waals surface area (Å²) in [7, 11) is 0. The van der Waals surface area contributed by atoms with E-state index in [1.165, 1.54) is 11.1 Å². The number of allylic oxidation sites excluding steroid dienone is 4. The van der Waals surface area contributed by atoms with Gasteiger partial charge >= 0.3 is 0 Å². The Labute approximate surface area is 202 Å². The molecule has 1 aromatic heterocycles. The average molecular weight is 485 g/mol. The zero-order valence-electron chi connectivity index (χ0n) is 18.2. The van der Waals surface area contributed by atoms with Gasteiger partial charge in [0.15, 0.2) is 0 Å². The van der Waals surface area contributed by atoms with Crippen LogP contribution < -0.4 is 22.1 Å². The lowest BCUT2D eigenvalue weighted by molar-refractivity contribution is 0.0995. The highest BCUT2D eigenvalue weighted by Crippen LogP contribution is 2.51. The van der Waals surface area contributed by atoms with Crippen LogP contribution in [-0.2, 0) is 6.42 Å². The first-order valence-electron chi connectivity index (χ1n) is 11.1. The molecule has 1 amide bonds. The van der Waals surface area contributed by atoms with Gasteiger partial charge in [-0.1, -0.05) is 53.5 Å². The summed E-state index contributed by atoms with van der Waals surface area (Å²) in [4.78, 5) is 23.5. The Morgan fingerprint density at radius 1 is 1.15 bits per heavy atom. The fraction of sp³-hybridized carbons (Fsp3) is 0.375. The van der Waals surface area contributed by atoms with Crippen molar-refractivity contribution in [1.29, 1.82) is 0 Å². The lowest BCUT2D eigenvalue weighted by atomic mass is 9.73. The molecule has 33 heavy (non-hydrogen) atoms. The van der Waals surface area contributed by atoms with Crippen LogP contribution in [0.1, 0.15) is 58.9 Å². The summed E-state index contributed by atoms with van der Waals surface area (Å²) in [5.41, 5.74) is 22.4. The molecule has 0 bridgehead atoms. The van der Waals surface area contributed by atoms with Gasteiger partial charge in [-0.15, -0.1) is 0 Å². The second kappa shape index (κ2) is 8.31. The SMILES string of the molecule is NC(=O)c1nc(N2CCC3(CC2)Cc2ccccc2[C@H]3N)nc(N)c1C1=C(Cl)C(Cl)=CCC1. The van der Waals surface area contributed by atoms with E-state index in [0.29, 0.717) is 40.0 Å². The normalized spacial score (nSPS) is 21.8. The van der Waals surface area contributed by atoms with Gasteiger partial charge in [0.05, 0.1) is 15.6 Å². The van der Waals surface area contributed by atoms with Crippen molar-refractivity contribution in [3.8, 4) is 0 Å². The van der Waals surface area contributed by atoms with E-state index in [2.05, 4.69) is 33.1 Å². The number of piperidine rings is 1. The number of fused-ring (bicyclic) bond motifs is 1. The third-order valence-corrected chi connectivity index (χ3v) is 8.16. The molecule has 3 aliphatic rings. The number of primary amides is 1. The summed E-state index contributed by atoms with van der Waals surface area (Å²) in [5, 5.41) is 0.773. The van der Waals surface area contributed by atoms with Crippen LogP contribution in [-0.4, -0.2) is 29.0 Å². The first kappa shape index (κ1) is 22.2. The number of aromatic nitrogens is 2. The molecule has 2 aromatic rings. The number of hydrogen-bond donors (Lipinski definition) is 3. The maximum atomic E-state index is 12.3. The molecular formula is C24H26Cl2N6O. The van der Waals surface area contributed by atoms with Crippen molar-refractivity contribution in [2.45, 2.75) is 38.1 Å². The molecule has 1 aliphatic heterocycles. The van der Waals surface area contributed by atoms with Crippen LogP contribution >= 0.6 is 23.2 Å². The summed E-state index contributed by atoms with van der Waals surface area (Å²) in [6.45, 7) is 1.44. The Morgan fingerprint density at radius 2 is 1.88 bits per heavy atom. The van der Waals surface area contributed by atoms with E-state index in [9.17, 15) is 4.79 Å². The largest absolute Gasteiger partial charge is 0.383 e. The van der Waals surface area contributed by atoms with Gasteiger partial charge in [0.25, 0.3) is 5.91 Å². The molecule has 7 nitrogen and oxygen atoms in total. The number of anilines is 2. The highest BCUT2D eigenvalue weighted by atomic mass is 35.5. The van der Waals surface area contributed by atoms with E-state index in [1.54, 1.807) is 0 Å². The van der Waals surface area contributed by atoms with Gasteiger partial charge in [0.1, 0.15) is 11.5 Å². The standard InChI is InChI=1S/C24H26Cl2N6O/c25-16-7-3-6-15(18(16)26)17-19(22(29)33)30-23(31-21(17)28)32-10-8-24(9-11-32)12-13-4-1-2-5-14(13)20(24)27/h1-2,4-5,7,20H,3,6,8-12,27H2,(H2,29,33)(H2,28,30,31)/t20-/m1/s1. The molecule has 0 unspecified atom stereocenters. The van der Waals surface area contributed by atoms with Gasteiger partial charge in [0, 0.05) is 19.1 Å². The predicted molar refractivity (Wildman–Crippen MR) is 132 cm³/mol. The number of hydrogen-bond acceptors (Lipinski definition) is 6. The molecule has 6 N–H and O–H groups in total. The molecule has 1 aromatic carbocycles. The topological polar surface area (TPSA) is 124 Å². The minimum Gasteiger partial charge on any atom is -0.383 e. The molecule has 1 atom stereocenters. The van der Waals surface area contributed by atoms with E-state index in [-0.39, 0.29) is 23.0 Å². The van der Waals surface area contributed by atoms with Crippen LogP contribution in [0.5, 0.6) is 0 Å². The molecule has 1 fully saturated rings. The number of nitrogens with two attached hydrogens (primary N) is 3. The second-order valence-corrected chi connectivity index (χ2v) is 9.87. The Bertz CT molecular complexity index is 1200. The maximum Gasteiger partial charge on any atom is 0.268 e.